The van der Waals surface area contributed by atoms with Crippen LogP contribution in [0.3, 0.4) is 0 Å². The van der Waals surface area contributed by atoms with Gasteiger partial charge in [0.15, 0.2) is 17.9 Å². The van der Waals surface area contributed by atoms with E-state index < -0.39 is 23.5 Å². The molecule has 0 radical (unpaired) electrons. The van der Waals surface area contributed by atoms with Gasteiger partial charge in [0.1, 0.15) is 0 Å². The Morgan fingerprint density at radius 3 is 2.38 bits per heavy atom. The van der Waals surface area contributed by atoms with Crippen LogP contribution < -0.4 is 10.5 Å². The Bertz CT molecular complexity index is 315. The summed E-state index contributed by atoms with van der Waals surface area (Å²) in [6.45, 7) is 0. The quantitative estimate of drug-likeness (QED) is 0.724. The first-order valence-corrected chi connectivity index (χ1v) is 3.49. The minimum atomic E-state index is -2.03. The summed E-state index contributed by atoms with van der Waals surface area (Å²) in [4.78, 5) is 0. The number of hydrogen-bond donors (Lipinski definition) is 1. The molecule has 0 saturated carbocycles. The SMILES string of the molecule is COc1ccc(C(N)F)c(F)c1F. The molecule has 13 heavy (non-hydrogen) atoms. The molecular weight excluding hydrogens is 183 g/mol. The van der Waals surface area contributed by atoms with Crippen molar-refractivity contribution < 1.29 is 17.9 Å². The van der Waals surface area contributed by atoms with Crippen molar-refractivity contribution in [1.29, 1.82) is 0 Å². The zero-order valence-corrected chi connectivity index (χ0v) is 6.85. The van der Waals surface area contributed by atoms with Crippen LogP contribution in [-0.2, 0) is 0 Å². The van der Waals surface area contributed by atoms with Crippen molar-refractivity contribution in [3.63, 3.8) is 0 Å². The van der Waals surface area contributed by atoms with Crippen LogP contribution in [0.15, 0.2) is 12.1 Å². The number of ether oxygens (including phenoxy) is 1. The van der Waals surface area contributed by atoms with E-state index in [-0.39, 0.29) is 5.75 Å². The zero-order valence-electron chi connectivity index (χ0n) is 6.85. The van der Waals surface area contributed by atoms with E-state index in [1.54, 1.807) is 0 Å². The van der Waals surface area contributed by atoms with Crippen molar-refractivity contribution in [3.05, 3.63) is 29.3 Å². The Morgan fingerprint density at radius 1 is 1.31 bits per heavy atom. The van der Waals surface area contributed by atoms with Gasteiger partial charge < -0.3 is 4.74 Å². The number of nitrogens with two attached hydrogens (primary N) is 1. The van der Waals surface area contributed by atoms with Gasteiger partial charge in [-0.1, -0.05) is 0 Å². The highest BCUT2D eigenvalue weighted by Crippen LogP contribution is 2.25. The van der Waals surface area contributed by atoms with Crippen LogP contribution >= 0.6 is 0 Å². The summed E-state index contributed by atoms with van der Waals surface area (Å²) in [7, 11) is 1.19. The minimum Gasteiger partial charge on any atom is -0.494 e. The molecular formula is C8H8F3NO. The van der Waals surface area contributed by atoms with Crippen molar-refractivity contribution in [1.82, 2.24) is 0 Å². The zero-order chi connectivity index (χ0) is 10.0. The molecule has 0 aliphatic heterocycles. The normalized spacial score (nSPS) is 12.7. The second-order valence-electron chi connectivity index (χ2n) is 2.39. The number of methoxy groups -OCH3 is 1. The summed E-state index contributed by atoms with van der Waals surface area (Å²) in [5, 5.41) is 0. The molecule has 1 rings (SSSR count). The largest absolute Gasteiger partial charge is 0.494 e. The van der Waals surface area contributed by atoms with Crippen molar-refractivity contribution in [2.45, 2.75) is 6.30 Å². The molecule has 1 unspecified atom stereocenters. The van der Waals surface area contributed by atoms with Crippen LogP contribution in [0, 0.1) is 11.6 Å². The summed E-state index contributed by atoms with van der Waals surface area (Å²) in [5.74, 6) is -2.82. The molecule has 2 nitrogen and oxygen atoms in total. The molecule has 0 fully saturated rings. The molecule has 0 amide bonds. The molecule has 2 N–H and O–H groups in total. The Morgan fingerprint density at radius 2 is 1.92 bits per heavy atom. The van der Waals surface area contributed by atoms with Gasteiger partial charge in [-0.25, -0.2) is 8.78 Å². The van der Waals surface area contributed by atoms with Crippen LogP contribution in [0.5, 0.6) is 5.75 Å². The number of hydrogen-bond acceptors (Lipinski definition) is 2. The van der Waals surface area contributed by atoms with Crippen molar-refractivity contribution in [2.75, 3.05) is 7.11 Å². The van der Waals surface area contributed by atoms with Gasteiger partial charge in [-0.15, -0.1) is 0 Å². The molecule has 1 aromatic carbocycles. The number of benzene rings is 1. The first kappa shape index (κ1) is 9.85. The fraction of sp³-hybridized carbons (Fsp3) is 0.250. The first-order chi connectivity index (χ1) is 6.07. The first-order valence-electron chi connectivity index (χ1n) is 3.49. The van der Waals surface area contributed by atoms with E-state index >= 15 is 0 Å². The standard InChI is InChI=1S/C8H8F3NO/c1-13-5-3-2-4(8(11)12)6(9)7(5)10/h2-3,8H,12H2,1H3. The maximum atomic E-state index is 12.9. The highest BCUT2D eigenvalue weighted by atomic mass is 19.2. The molecule has 1 atom stereocenters. The predicted molar refractivity (Wildman–Crippen MR) is 40.9 cm³/mol. The van der Waals surface area contributed by atoms with E-state index in [0.717, 1.165) is 12.1 Å². The fourth-order valence-electron chi connectivity index (χ4n) is 0.917. The number of rotatable bonds is 2. The predicted octanol–water partition coefficient (Wildman–Crippen LogP) is 1.90. The Hall–Kier alpha value is -1.23. The van der Waals surface area contributed by atoms with E-state index in [0.29, 0.717) is 0 Å². The lowest BCUT2D eigenvalue weighted by Gasteiger charge is -2.07. The van der Waals surface area contributed by atoms with Crippen molar-refractivity contribution in [2.24, 2.45) is 5.73 Å². The van der Waals surface area contributed by atoms with Crippen molar-refractivity contribution >= 4 is 0 Å². The number of halogens is 3. The summed E-state index contributed by atoms with van der Waals surface area (Å²) in [6.07, 6.45) is -2.03. The van der Waals surface area contributed by atoms with Crippen molar-refractivity contribution in [3.8, 4) is 5.75 Å². The molecule has 0 aliphatic carbocycles. The molecule has 0 aliphatic rings. The van der Waals surface area contributed by atoms with Crippen LogP contribution in [0.25, 0.3) is 0 Å². The molecule has 0 saturated heterocycles. The van der Waals surface area contributed by atoms with Gasteiger partial charge in [0, 0.05) is 5.56 Å². The van der Waals surface area contributed by atoms with Gasteiger partial charge in [-0.05, 0) is 12.1 Å². The second-order valence-corrected chi connectivity index (χ2v) is 2.39. The molecule has 5 heteroatoms. The van der Waals surface area contributed by atoms with E-state index in [4.69, 9.17) is 5.73 Å². The summed E-state index contributed by atoms with van der Waals surface area (Å²) < 4.78 is 42.7. The molecule has 0 bridgehead atoms. The third-order valence-corrected chi connectivity index (χ3v) is 1.59. The van der Waals surface area contributed by atoms with Gasteiger partial charge in [0.25, 0.3) is 0 Å². The minimum absolute atomic E-state index is 0.276. The Kier molecular flexibility index (Phi) is 2.77. The van der Waals surface area contributed by atoms with Crippen LogP contribution in [0.2, 0.25) is 0 Å². The van der Waals surface area contributed by atoms with Gasteiger partial charge in [0.2, 0.25) is 5.82 Å². The highest BCUT2D eigenvalue weighted by molar-refractivity contribution is 5.31. The van der Waals surface area contributed by atoms with Crippen LogP contribution in [0.4, 0.5) is 13.2 Å². The summed E-state index contributed by atoms with van der Waals surface area (Å²) >= 11 is 0. The smallest absolute Gasteiger partial charge is 0.201 e. The molecule has 1 aromatic rings. The van der Waals surface area contributed by atoms with Gasteiger partial charge in [-0.2, -0.15) is 4.39 Å². The Balaban J connectivity index is 3.23. The topological polar surface area (TPSA) is 35.2 Å². The maximum absolute atomic E-state index is 12.9. The van der Waals surface area contributed by atoms with E-state index in [1.807, 2.05) is 0 Å². The summed E-state index contributed by atoms with van der Waals surface area (Å²) in [6, 6.07) is 2.16. The highest BCUT2D eigenvalue weighted by Gasteiger charge is 2.17. The molecule has 0 heterocycles. The average molecular weight is 191 g/mol. The van der Waals surface area contributed by atoms with E-state index in [1.165, 1.54) is 7.11 Å². The summed E-state index contributed by atoms with van der Waals surface area (Å²) in [5.41, 5.74) is 4.25. The monoisotopic (exact) mass is 191 g/mol. The van der Waals surface area contributed by atoms with Gasteiger partial charge in [0.05, 0.1) is 7.11 Å². The molecule has 0 aromatic heterocycles. The second kappa shape index (κ2) is 3.66. The lowest BCUT2D eigenvalue weighted by molar-refractivity contribution is 0.328. The van der Waals surface area contributed by atoms with Crippen LogP contribution in [-0.4, -0.2) is 7.11 Å². The third-order valence-electron chi connectivity index (χ3n) is 1.59. The van der Waals surface area contributed by atoms with E-state index in [2.05, 4.69) is 4.74 Å². The van der Waals surface area contributed by atoms with Gasteiger partial charge in [-0.3, -0.25) is 5.73 Å². The third kappa shape index (κ3) is 1.75. The van der Waals surface area contributed by atoms with Crippen LogP contribution in [0.1, 0.15) is 11.9 Å². The average Bonchev–Trinajstić information content (AvgIpc) is 2.09. The molecule has 0 spiro atoms. The lowest BCUT2D eigenvalue weighted by Crippen LogP contribution is -2.07. The number of alkyl halides is 1. The Labute approximate surface area is 73.1 Å². The fourth-order valence-corrected chi connectivity index (χ4v) is 0.917. The van der Waals surface area contributed by atoms with Gasteiger partial charge >= 0.3 is 0 Å². The lowest BCUT2D eigenvalue weighted by atomic mass is 10.2. The van der Waals surface area contributed by atoms with E-state index in [9.17, 15) is 13.2 Å². The maximum Gasteiger partial charge on any atom is 0.201 e. The molecule has 72 valence electrons.